The van der Waals surface area contributed by atoms with Crippen LogP contribution >= 0.6 is 11.8 Å². The summed E-state index contributed by atoms with van der Waals surface area (Å²) in [5.74, 6) is 1.69. The molecule has 0 aliphatic rings. The summed E-state index contributed by atoms with van der Waals surface area (Å²) >= 11 is 1.76. The fourth-order valence-electron chi connectivity index (χ4n) is 2.59. The second-order valence-corrected chi connectivity index (χ2v) is 6.45. The standard InChI is InChI=1S/C17H20N4OS/c1-11-12(7-9-18-11)17(22)21-15(8-10-23-2)16-19-13-5-3-4-6-14(13)20-16/h3-7,9,15,18H,8,10H2,1-2H3,(H,19,20)(H,21,22)/t15-/m1/s1. The van der Waals surface area contributed by atoms with E-state index in [4.69, 9.17) is 0 Å². The van der Waals surface area contributed by atoms with Crippen LogP contribution in [0, 0.1) is 6.92 Å². The number of rotatable bonds is 6. The van der Waals surface area contributed by atoms with Gasteiger partial charge in [-0.15, -0.1) is 0 Å². The number of thioether (sulfide) groups is 1. The minimum Gasteiger partial charge on any atom is -0.365 e. The second kappa shape index (κ2) is 6.91. The van der Waals surface area contributed by atoms with E-state index in [0.717, 1.165) is 34.7 Å². The quantitative estimate of drug-likeness (QED) is 0.649. The molecule has 0 radical (unpaired) electrons. The van der Waals surface area contributed by atoms with E-state index in [1.165, 1.54) is 0 Å². The zero-order valence-electron chi connectivity index (χ0n) is 13.2. The number of aryl methyl sites for hydroxylation is 1. The number of carbonyl (C=O) groups is 1. The number of hydrogen-bond acceptors (Lipinski definition) is 3. The average molecular weight is 328 g/mol. The molecule has 0 saturated heterocycles. The molecule has 3 N–H and O–H groups in total. The Morgan fingerprint density at radius 1 is 1.35 bits per heavy atom. The molecule has 1 amide bonds. The summed E-state index contributed by atoms with van der Waals surface area (Å²) in [7, 11) is 0. The Morgan fingerprint density at radius 3 is 2.87 bits per heavy atom. The Labute approximate surface area is 139 Å². The molecule has 0 aliphatic carbocycles. The zero-order valence-corrected chi connectivity index (χ0v) is 14.0. The van der Waals surface area contributed by atoms with Crippen molar-refractivity contribution in [2.45, 2.75) is 19.4 Å². The molecule has 3 aromatic rings. The Balaban J connectivity index is 1.85. The first-order valence-electron chi connectivity index (χ1n) is 7.57. The summed E-state index contributed by atoms with van der Waals surface area (Å²) in [6.07, 6.45) is 4.67. The van der Waals surface area contributed by atoms with Crippen LogP contribution in [0.3, 0.4) is 0 Å². The molecule has 5 nitrogen and oxygen atoms in total. The van der Waals surface area contributed by atoms with Crippen molar-refractivity contribution in [1.29, 1.82) is 0 Å². The molecule has 0 bridgehead atoms. The molecular formula is C17H20N4OS. The van der Waals surface area contributed by atoms with Crippen LogP contribution in [-0.4, -0.2) is 32.9 Å². The van der Waals surface area contributed by atoms with E-state index < -0.39 is 0 Å². The van der Waals surface area contributed by atoms with Gasteiger partial charge in [-0.2, -0.15) is 11.8 Å². The van der Waals surface area contributed by atoms with Crippen molar-refractivity contribution < 1.29 is 4.79 Å². The monoisotopic (exact) mass is 328 g/mol. The van der Waals surface area contributed by atoms with E-state index >= 15 is 0 Å². The van der Waals surface area contributed by atoms with Gasteiger partial charge in [0.05, 0.1) is 22.6 Å². The van der Waals surface area contributed by atoms with Crippen molar-refractivity contribution in [1.82, 2.24) is 20.3 Å². The van der Waals surface area contributed by atoms with Gasteiger partial charge in [0.2, 0.25) is 0 Å². The zero-order chi connectivity index (χ0) is 16.2. The highest BCUT2D eigenvalue weighted by Crippen LogP contribution is 2.21. The Hall–Kier alpha value is -2.21. The number of H-pyrrole nitrogens is 2. The summed E-state index contributed by atoms with van der Waals surface area (Å²) in [4.78, 5) is 23.5. The highest BCUT2D eigenvalue weighted by atomic mass is 32.2. The first kappa shape index (κ1) is 15.7. The fourth-order valence-corrected chi connectivity index (χ4v) is 3.06. The molecule has 1 atom stereocenters. The number of nitrogens with one attached hydrogen (secondary N) is 3. The normalized spacial score (nSPS) is 12.4. The fraction of sp³-hybridized carbons (Fsp3) is 0.294. The van der Waals surface area contributed by atoms with Crippen LogP contribution in [0.1, 0.15) is 34.3 Å². The van der Waals surface area contributed by atoms with Crippen LogP contribution in [-0.2, 0) is 0 Å². The lowest BCUT2D eigenvalue weighted by atomic mass is 10.1. The maximum absolute atomic E-state index is 12.5. The number of amides is 1. The minimum atomic E-state index is -0.128. The number of nitrogens with zero attached hydrogens (tertiary/aromatic N) is 1. The van der Waals surface area contributed by atoms with E-state index in [-0.39, 0.29) is 11.9 Å². The topological polar surface area (TPSA) is 73.6 Å². The third kappa shape index (κ3) is 3.42. The van der Waals surface area contributed by atoms with Gasteiger partial charge in [-0.1, -0.05) is 12.1 Å². The lowest BCUT2D eigenvalue weighted by Crippen LogP contribution is -2.30. The van der Waals surface area contributed by atoms with Crippen LogP contribution in [0.4, 0.5) is 0 Å². The van der Waals surface area contributed by atoms with Gasteiger partial charge < -0.3 is 15.3 Å². The summed E-state index contributed by atoms with van der Waals surface area (Å²) in [5.41, 5.74) is 3.46. The number of carbonyl (C=O) groups excluding carboxylic acids is 1. The Kier molecular flexibility index (Phi) is 4.71. The number of para-hydroxylation sites is 2. The van der Waals surface area contributed by atoms with Crippen molar-refractivity contribution in [3.63, 3.8) is 0 Å². The number of imidazole rings is 1. The molecule has 2 heterocycles. The molecule has 2 aromatic heterocycles. The van der Waals surface area contributed by atoms with E-state index in [2.05, 4.69) is 26.5 Å². The summed E-state index contributed by atoms with van der Waals surface area (Å²) < 4.78 is 0. The predicted octanol–water partition coefficient (Wildman–Crippen LogP) is 3.42. The third-order valence-corrected chi connectivity index (χ3v) is 4.50. The predicted molar refractivity (Wildman–Crippen MR) is 94.8 cm³/mol. The molecule has 0 unspecified atom stereocenters. The number of aromatic nitrogens is 3. The molecule has 0 aliphatic heterocycles. The molecule has 120 valence electrons. The first-order valence-corrected chi connectivity index (χ1v) is 8.97. The van der Waals surface area contributed by atoms with Gasteiger partial charge in [0.1, 0.15) is 5.82 Å². The second-order valence-electron chi connectivity index (χ2n) is 5.46. The largest absolute Gasteiger partial charge is 0.365 e. The summed E-state index contributed by atoms with van der Waals surface area (Å²) in [6.45, 7) is 1.90. The van der Waals surface area contributed by atoms with Crippen molar-refractivity contribution in [3.05, 3.63) is 53.6 Å². The first-order chi connectivity index (χ1) is 11.2. The van der Waals surface area contributed by atoms with E-state index in [1.807, 2.05) is 31.2 Å². The van der Waals surface area contributed by atoms with Gasteiger partial charge in [0.25, 0.3) is 5.91 Å². The van der Waals surface area contributed by atoms with E-state index in [0.29, 0.717) is 5.56 Å². The molecular weight excluding hydrogens is 308 g/mol. The average Bonchev–Trinajstić information content (AvgIpc) is 3.16. The molecule has 3 rings (SSSR count). The third-order valence-electron chi connectivity index (χ3n) is 3.85. The summed E-state index contributed by atoms with van der Waals surface area (Å²) in [6, 6.07) is 9.58. The maximum atomic E-state index is 12.5. The number of hydrogen-bond donors (Lipinski definition) is 3. The SMILES string of the molecule is CSCC[C@@H](NC(=O)c1cc[nH]c1C)c1nc2ccccc2[nH]1. The molecule has 0 spiro atoms. The van der Waals surface area contributed by atoms with Gasteiger partial charge in [-0.3, -0.25) is 4.79 Å². The highest BCUT2D eigenvalue weighted by molar-refractivity contribution is 7.98. The smallest absolute Gasteiger partial charge is 0.253 e. The van der Waals surface area contributed by atoms with Crippen LogP contribution in [0.15, 0.2) is 36.5 Å². The lowest BCUT2D eigenvalue weighted by Gasteiger charge is -2.16. The molecule has 6 heteroatoms. The van der Waals surface area contributed by atoms with Crippen LogP contribution in [0.5, 0.6) is 0 Å². The maximum Gasteiger partial charge on any atom is 0.253 e. The summed E-state index contributed by atoms with van der Waals surface area (Å²) in [5, 5.41) is 3.11. The number of benzene rings is 1. The number of fused-ring (bicyclic) bond motifs is 1. The van der Waals surface area contributed by atoms with Gasteiger partial charge in [0.15, 0.2) is 0 Å². The van der Waals surface area contributed by atoms with Crippen molar-refractivity contribution >= 4 is 28.7 Å². The van der Waals surface area contributed by atoms with Crippen LogP contribution < -0.4 is 5.32 Å². The van der Waals surface area contributed by atoms with E-state index in [9.17, 15) is 4.79 Å². The van der Waals surface area contributed by atoms with Crippen molar-refractivity contribution in [2.75, 3.05) is 12.0 Å². The molecule has 23 heavy (non-hydrogen) atoms. The van der Waals surface area contributed by atoms with Gasteiger partial charge in [-0.05, 0) is 43.6 Å². The van der Waals surface area contributed by atoms with Gasteiger partial charge in [0, 0.05) is 11.9 Å². The number of aromatic amines is 2. The van der Waals surface area contributed by atoms with Crippen molar-refractivity contribution in [3.8, 4) is 0 Å². The van der Waals surface area contributed by atoms with Gasteiger partial charge >= 0.3 is 0 Å². The Morgan fingerprint density at radius 2 is 2.17 bits per heavy atom. The van der Waals surface area contributed by atoms with Crippen LogP contribution in [0.25, 0.3) is 11.0 Å². The van der Waals surface area contributed by atoms with E-state index in [1.54, 1.807) is 24.0 Å². The lowest BCUT2D eigenvalue weighted by molar-refractivity contribution is 0.0933. The Bertz CT molecular complexity index is 775. The van der Waals surface area contributed by atoms with Gasteiger partial charge in [-0.25, -0.2) is 4.98 Å². The van der Waals surface area contributed by atoms with Crippen LogP contribution in [0.2, 0.25) is 0 Å². The molecule has 1 aromatic carbocycles. The highest BCUT2D eigenvalue weighted by Gasteiger charge is 2.20. The molecule has 0 saturated carbocycles. The van der Waals surface area contributed by atoms with Crippen molar-refractivity contribution in [2.24, 2.45) is 0 Å². The molecule has 0 fully saturated rings. The minimum absolute atomic E-state index is 0.0738.